The number of hydrogen-bond acceptors (Lipinski definition) is 3. The number of anilines is 2. The van der Waals surface area contributed by atoms with Crippen molar-refractivity contribution in [3.63, 3.8) is 0 Å². The molecule has 6 nitrogen and oxygen atoms in total. The van der Waals surface area contributed by atoms with E-state index in [0.29, 0.717) is 34.7 Å². The summed E-state index contributed by atoms with van der Waals surface area (Å²) >= 11 is 0. The van der Waals surface area contributed by atoms with E-state index in [1.807, 2.05) is 55.5 Å². The highest BCUT2D eigenvalue weighted by atomic mass is 19.1. The van der Waals surface area contributed by atoms with Crippen LogP contribution in [0.1, 0.15) is 28.4 Å². The number of carboxylic acid groups (broad SMARTS) is 1. The molecule has 0 aliphatic carbocycles. The van der Waals surface area contributed by atoms with Gasteiger partial charge in [-0.3, -0.25) is 0 Å². The number of aromatic carboxylic acids is 1. The molecular weight excluding hydrogens is 483 g/mol. The second-order valence-corrected chi connectivity index (χ2v) is 8.50. The third-order valence-corrected chi connectivity index (χ3v) is 5.77. The van der Waals surface area contributed by atoms with Crippen molar-refractivity contribution in [1.82, 2.24) is 0 Å². The highest BCUT2D eigenvalue weighted by Crippen LogP contribution is 2.37. The number of allylic oxidation sites excluding steroid dienone is 2. The molecule has 0 unspecified atom stereocenters. The van der Waals surface area contributed by atoms with E-state index < -0.39 is 17.8 Å². The van der Waals surface area contributed by atoms with Crippen LogP contribution in [0.25, 0.3) is 11.1 Å². The fraction of sp³-hybridized carbons (Fsp3) is 0.0968. The molecule has 4 aromatic rings. The van der Waals surface area contributed by atoms with E-state index in [1.165, 1.54) is 12.1 Å². The monoisotopic (exact) mass is 510 g/mol. The van der Waals surface area contributed by atoms with Crippen LogP contribution >= 0.6 is 0 Å². The van der Waals surface area contributed by atoms with Gasteiger partial charge in [0, 0.05) is 11.3 Å². The number of amides is 2. The molecule has 0 aliphatic heterocycles. The number of carbonyl (C=O) groups excluding carboxylic acids is 1. The van der Waals surface area contributed by atoms with Crippen molar-refractivity contribution in [2.75, 3.05) is 10.6 Å². The van der Waals surface area contributed by atoms with Gasteiger partial charge in [-0.05, 0) is 72.5 Å². The van der Waals surface area contributed by atoms with Crippen molar-refractivity contribution in [2.45, 2.75) is 20.0 Å². The maximum Gasteiger partial charge on any atom is 0.336 e. The SMILES string of the molecule is C/C=C/Cc1cc(-c2cc(F)ccc2C(=O)O)cc(NC(=O)Nc2ccccc2)c1OCc1ccccc1. The van der Waals surface area contributed by atoms with Crippen LogP contribution < -0.4 is 15.4 Å². The predicted molar refractivity (Wildman–Crippen MR) is 147 cm³/mol. The highest BCUT2D eigenvalue weighted by Gasteiger charge is 2.19. The lowest BCUT2D eigenvalue weighted by Crippen LogP contribution is -2.20. The average molecular weight is 511 g/mol. The number of halogens is 1. The summed E-state index contributed by atoms with van der Waals surface area (Å²) < 4.78 is 20.5. The topological polar surface area (TPSA) is 87.7 Å². The van der Waals surface area contributed by atoms with Gasteiger partial charge in [-0.25, -0.2) is 14.0 Å². The zero-order chi connectivity index (χ0) is 26.9. The first-order valence-electron chi connectivity index (χ1n) is 12.1. The van der Waals surface area contributed by atoms with Crippen LogP contribution in [-0.4, -0.2) is 17.1 Å². The van der Waals surface area contributed by atoms with Gasteiger partial charge in [-0.1, -0.05) is 60.7 Å². The second kappa shape index (κ2) is 12.4. The number of carbonyl (C=O) groups is 2. The molecule has 3 N–H and O–H groups in total. The number of carboxylic acids is 1. The van der Waals surface area contributed by atoms with Crippen molar-refractivity contribution < 1.29 is 23.8 Å². The maximum absolute atomic E-state index is 14.2. The Bertz CT molecular complexity index is 1450. The lowest BCUT2D eigenvalue weighted by atomic mass is 9.95. The van der Waals surface area contributed by atoms with Crippen molar-refractivity contribution >= 4 is 23.4 Å². The molecule has 4 aromatic carbocycles. The Morgan fingerprint density at radius 3 is 2.32 bits per heavy atom. The largest absolute Gasteiger partial charge is 0.486 e. The number of hydrogen-bond donors (Lipinski definition) is 3. The van der Waals surface area contributed by atoms with Crippen LogP contribution in [0.4, 0.5) is 20.6 Å². The predicted octanol–water partition coefficient (Wildman–Crippen LogP) is 7.53. The van der Waals surface area contributed by atoms with Crippen LogP contribution in [0.15, 0.2) is 103 Å². The minimum absolute atomic E-state index is 0.0546. The summed E-state index contributed by atoms with van der Waals surface area (Å²) in [4.78, 5) is 24.9. The van der Waals surface area contributed by atoms with Crippen LogP contribution in [0.2, 0.25) is 0 Å². The number of ether oxygens (including phenoxy) is 1. The van der Waals surface area contributed by atoms with E-state index in [2.05, 4.69) is 10.6 Å². The van der Waals surface area contributed by atoms with Crippen LogP contribution in [-0.2, 0) is 13.0 Å². The molecule has 0 saturated carbocycles. The van der Waals surface area contributed by atoms with Gasteiger partial charge in [-0.15, -0.1) is 0 Å². The number of para-hydroxylation sites is 1. The van der Waals surface area contributed by atoms with Crippen molar-refractivity contribution in [2.24, 2.45) is 0 Å². The van der Waals surface area contributed by atoms with Crippen molar-refractivity contribution in [3.05, 3.63) is 126 Å². The summed E-state index contributed by atoms with van der Waals surface area (Å²) in [6.45, 7) is 2.13. The molecule has 7 heteroatoms. The molecule has 0 spiro atoms. The Morgan fingerprint density at radius 2 is 1.63 bits per heavy atom. The molecule has 0 heterocycles. The first-order valence-corrected chi connectivity index (χ1v) is 12.1. The third kappa shape index (κ3) is 6.64. The standard InChI is InChI=1S/C31H27FN2O4/c1-2-3-12-22-17-23(27-19-24(32)15-16-26(27)30(35)36)18-28(29(22)38-20-21-10-6-4-7-11-21)34-31(37)33-25-13-8-5-9-14-25/h2-11,13-19H,12,20H2,1H3,(H,35,36)(H2,33,34,37)/b3-2+. The molecule has 0 aromatic heterocycles. The molecule has 38 heavy (non-hydrogen) atoms. The van der Waals surface area contributed by atoms with E-state index in [9.17, 15) is 19.1 Å². The van der Waals surface area contributed by atoms with Gasteiger partial charge >= 0.3 is 12.0 Å². The normalized spacial score (nSPS) is 10.8. The smallest absolute Gasteiger partial charge is 0.336 e. The van der Waals surface area contributed by atoms with Gasteiger partial charge in [-0.2, -0.15) is 0 Å². The number of rotatable bonds is 9. The highest BCUT2D eigenvalue weighted by molar-refractivity contribution is 6.02. The molecule has 0 fully saturated rings. The summed E-state index contributed by atoms with van der Waals surface area (Å²) in [5.74, 6) is -1.32. The first-order chi connectivity index (χ1) is 18.4. The molecule has 192 valence electrons. The molecule has 4 rings (SSSR count). The van der Waals surface area contributed by atoms with E-state index in [0.717, 1.165) is 11.6 Å². The molecular formula is C31H27FN2O4. The molecule has 0 atom stereocenters. The summed E-state index contributed by atoms with van der Waals surface area (Å²) in [5, 5.41) is 15.4. The fourth-order valence-corrected chi connectivity index (χ4v) is 3.98. The van der Waals surface area contributed by atoms with Crippen molar-refractivity contribution in [3.8, 4) is 16.9 Å². The third-order valence-electron chi connectivity index (χ3n) is 5.77. The summed E-state index contributed by atoms with van der Waals surface area (Å²) in [6.07, 6.45) is 4.25. The Balaban J connectivity index is 1.81. The van der Waals surface area contributed by atoms with Crippen molar-refractivity contribution in [1.29, 1.82) is 0 Å². The number of benzene rings is 4. The van der Waals surface area contributed by atoms with Gasteiger partial charge in [0.05, 0.1) is 11.3 Å². The van der Waals surface area contributed by atoms with E-state index in [-0.39, 0.29) is 17.7 Å². The Hall–Kier alpha value is -4.91. The molecule has 0 saturated heterocycles. The first kappa shape index (κ1) is 26.2. The van der Waals surface area contributed by atoms with E-state index in [4.69, 9.17) is 4.74 Å². The zero-order valence-corrected chi connectivity index (χ0v) is 20.8. The molecule has 0 radical (unpaired) electrons. The lowest BCUT2D eigenvalue weighted by Gasteiger charge is -2.19. The Kier molecular flexibility index (Phi) is 8.51. The molecule has 0 bridgehead atoms. The van der Waals surface area contributed by atoms with Gasteiger partial charge in [0.1, 0.15) is 18.2 Å². The van der Waals surface area contributed by atoms with E-state index >= 15 is 0 Å². The minimum atomic E-state index is -1.18. The van der Waals surface area contributed by atoms with Gasteiger partial charge in [0.15, 0.2) is 0 Å². The lowest BCUT2D eigenvalue weighted by molar-refractivity contribution is 0.0697. The van der Waals surface area contributed by atoms with Crippen LogP contribution in [0.3, 0.4) is 0 Å². The second-order valence-electron chi connectivity index (χ2n) is 8.50. The van der Waals surface area contributed by atoms with Gasteiger partial charge in [0.2, 0.25) is 0 Å². The summed E-state index contributed by atoms with van der Waals surface area (Å²) in [5.41, 5.74) is 3.14. The quantitative estimate of drug-likeness (QED) is 0.203. The van der Waals surface area contributed by atoms with Gasteiger partial charge in [0.25, 0.3) is 0 Å². The number of nitrogens with one attached hydrogen (secondary N) is 2. The fourth-order valence-electron chi connectivity index (χ4n) is 3.98. The minimum Gasteiger partial charge on any atom is -0.486 e. The summed E-state index contributed by atoms with van der Waals surface area (Å²) in [6, 6.07) is 24.9. The Morgan fingerprint density at radius 1 is 0.921 bits per heavy atom. The zero-order valence-electron chi connectivity index (χ0n) is 20.8. The maximum atomic E-state index is 14.2. The molecule has 0 aliphatic rings. The number of urea groups is 1. The van der Waals surface area contributed by atoms with Crippen LogP contribution in [0.5, 0.6) is 5.75 Å². The summed E-state index contributed by atoms with van der Waals surface area (Å²) in [7, 11) is 0. The molecule has 2 amide bonds. The van der Waals surface area contributed by atoms with Crippen LogP contribution in [0, 0.1) is 5.82 Å². The van der Waals surface area contributed by atoms with E-state index in [1.54, 1.807) is 36.4 Å². The Labute approximate surface area is 220 Å². The average Bonchev–Trinajstić information content (AvgIpc) is 2.92. The van der Waals surface area contributed by atoms with Gasteiger partial charge < -0.3 is 20.5 Å².